The van der Waals surface area contributed by atoms with Crippen molar-refractivity contribution in [1.29, 1.82) is 0 Å². The maximum absolute atomic E-state index is 12.3. The van der Waals surface area contributed by atoms with Crippen molar-refractivity contribution in [3.05, 3.63) is 46.1 Å². The smallest absolute Gasteiger partial charge is 0.358 e. The first-order valence-corrected chi connectivity index (χ1v) is 7.03. The van der Waals surface area contributed by atoms with E-state index in [4.69, 9.17) is 4.74 Å². The van der Waals surface area contributed by atoms with Crippen molar-refractivity contribution in [2.75, 3.05) is 11.9 Å². The number of aromatic nitrogens is 3. The molecule has 2 aromatic rings. The topological polar surface area (TPSA) is 86.1 Å². The third-order valence-corrected chi connectivity index (χ3v) is 3.07. The van der Waals surface area contributed by atoms with E-state index in [0.29, 0.717) is 12.2 Å². The van der Waals surface area contributed by atoms with E-state index < -0.39 is 5.97 Å². The Hall–Kier alpha value is -2.70. The van der Waals surface area contributed by atoms with Crippen LogP contribution >= 0.6 is 0 Å². The second-order valence-corrected chi connectivity index (χ2v) is 4.60. The molecule has 2 aromatic heterocycles. The second-order valence-electron chi connectivity index (χ2n) is 4.60. The number of hydrogen-bond donors (Lipinski definition) is 1. The molecule has 0 aliphatic rings. The number of esters is 1. The van der Waals surface area contributed by atoms with Gasteiger partial charge in [-0.05, 0) is 32.4 Å². The van der Waals surface area contributed by atoms with Crippen molar-refractivity contribution in [2.45, 2.75) is 27.3 Å². The van der Waals surface area contributed by atoms with E-state index in [1.54, 1.807) is 26.2 Å². The van der Waals surface area contributed by atoms with E-state index in [-0.39, 0.29) is 23.5 Å². The van der Waals surface area contributed by atoms with Gasteiger partial charge in [0.2, 0.25) is 0 Å². The van der Waals surface area contributed by atoms with E-state index in [2.05, 4.69) is 15.4 Å². The van der Waals surface area contributed by atoms with Crippen LogP contribution < -0.4 is 10.9 Å². The maximum Gasteiger partial charge on any atom is 0.358 e. The van der Waals surface area contributed by atoms with Crippen molar-refractivity contribution in [2.24, 2.45) is 0 Å². The number of aryl methyl sites for hydroxylation is 2. The fourth-order valence-corrected chi connectivity index (χ4v) is 1.89. The van der Waals surface area contributed by atoms with Gasteiger partial charge in [-0.2, -0.15) is 5.10 Å². The lowest BCUT2D eigenvalue weighted by atomic mass is 10.2. The van der Waals surface area contributed by atoms with Gasteiger partial charge in [0.25, 0.3) is 5.56 Å². The molecule has 0 unspecified atom stereocenters. The molecular formula is C15H18N4O3. The molecule has 0 aromatic carbocycles. The molecule has 7 heteroatoms. The first kappa shape index (κ1) is 15.7. The van der Waals surface area contributed by atoms with Crippen LogP contribution in [0.1, 0.15) is 29.9 Å². The molecular weight excluding hydrogens is 284 g/mol. The van der Waals surface area contributed by atoms with Crippen LogP contribution in [-0.4, -0.2) is 27.3 Å². The summed E-state index contributed by atoms with van der Waals surface area (Å²) in [6.07, 6.45) is 3.29. The summed E-state index contributed by atoms with van der Waals surface area (Å²) in [7, 11) is 0. The molecule has 1 N–H and O–H groups in total. The summed E-state index contributed by atoms with van der Waals surface area (Å²) in [5.41, 5.74) is 1.68. The zero-order valence-corrected chi connectivity index (χ0v) is 12.8. The molecule has 0 saturated heterocycles. The summed E-state index contributed by atoms with van der Waals surface area (Å²) in [4.78, 5) is 28.2. The zero-order chi connectivity index (χ0) is 16.1. The molecule has 0 saturated carbocycles. The minimum Gasteiger partial charge on any atom is -0.461 e. The Morgan fingerprint density at radius 2 is 2.14 bits per heavy atom. The van der Waals surface area contributed by atoms with Crippen molar-refractivity contribution in [1.82, 2.24) is 14.8 Å². The summed E-state index contributed by atoms with van der Waals surface area (Å²) in [5, 5.41) is 7.02. The van der Waals surface area contributed by atoms with E-state index in [9.17, 15) is 9.59 Å². The number of anilines is 2. The SMILES string of the molecule is CCOC(=O)c1cc(Nc2cnccc2C)c(=O)n(CC)n1. The van der Waals surface area contributed by atoms with Crippen LogP contribution in [0.5, 0.6) is 0 Å². The van der Waals surface area contributed by atoms with Gasteiger partial charge in [-0.25, -0.2) is 9.48 Å². The Labute approximate surface area is 128 Å². The molecule has 0 aliphatic heterocycles. The molecule has 2 heterocycles. The number of hydrogen-bond acceptors (Lipinski definition) is 6. The van der Waals surface area contributed by atoms with Gasteiger partial charge < -0.3 is 10.1 Å². The maximum atomic E-state index is 12.3. The summed E-state index contributed by atoms with van der Waals surface area (Å²) < 4.78 is 6.16. The predicted molar refractivity (Wildman–Crippen MR) is 82.4 cm³/mol. The number of carbonyl (C=O) groups excluding carboxylic acids is 1. The number of nitrogens with one attached hydrogen (secondary N) is 1. The lowest BCUT2D eigenvalue weighted by molar-refractivity contribution is 0.0516. The van der Waals surface area contributed by atoms with Crippen molar-refractivity contribution >= 4 is 17.3 Å². The lowest BCUT2D eigenvalue weighted by Crippen LogP contribution is -2.27. The highest BCUT2D eigenvalue weighted by Gasteiger charge is 2.15. The third-order valence-electron chi connectivity index (χ3n) is 3.07. The van der Waals surface area contributed by atoms with E-state index >= 15 is 0 Å². The molecule has 0 radical (unpaired) electrons. The molecule has 0 fully saturated rings. The monoisotopic (exact) mass is 302 g/mol. The molecule has 116 valence electrons. The minimum absolute atomic E-state index is 0.0901. The fourth-order valence-electron chi connectivity index (χ4n) is 1.89. The van der Waals surface area contributed by atoms with Crippen LogP contribution in [0.25, 0.3) is 0 Å². The van der Waals surface area contributed by atoms with E-state index in [1.165, 1.54) is 10.7 Å². The average Bonchev–Trinajstić information content (AvgIpc) is 2.51. The van der Waals surface area contributed by atoms with Gasteiger partial charge in [-0.1, -0.05) is 0 Å². The van der Waals surface area contributed by atoms with Crippen molar-refractivity contribution in [3.8, 4) is 0 Å². The van der Waals surface area contributed by atoms with Gasteiger partial charge in [0.05, 0.1) is 18.5 Å². The number of pyridine rings is 1. The quantitative estimate of drug-likeness (QED) is 0.849. The Kier molecular flexibility index (Phi) is 4.88. The van der Waals surface area contributed by atoms with Gasteiger partial charge in [0.1, 0.15) is 5.69 Å². The predicted octanol–water partition coefficient (Wildman–Crippen LogP) is 1.89. The normalized spacial score (nSPS) is 10.3. The van der Waals surface area contributed by atoms with Crippen molar-refractivity contribution < 1.29 is 9.53 Å². The summed E-state index contributed by atoms with van der Waals surface area (Å²) in [6, 6.07) is 3.23. The zero-order valence-electron chi connectivity index (χ0n) is 12.8. The summed E-state index contributed by atoms with van der Waals surface area (Å²) >= 11 is 0. The standard InChI is InChI=1S/C15H18N4O3/c1-4-19-14(20)11(8-12(18-19)15(21)22-5-2)17-13-9-16-7-6-10(13)3/h6-9,17H,4-5H2,1-3H3. The number of ether oxygens (including phenoxy) is 1. The third kappa shape index (κ3) is 3.30. The molecule has 0 aliphatic carbocycles. The van der Waals surface area contributed by atoms with E-state index in [0.717, 1.165) is 5.56 Å². The van der Waals surface area contributed by atoms with Crippen LogP contribution in [0.2, 0.25) is 0 Å². The lowest BCUT2D eigenvalue weighted by Gasteiger charge is -2.11. The average molecular weight is 302 g/mol. The van der Waals surface area contributed by atoms with Crippen LogP contribution in [0.15, 0.2) is 29.3 Å². The van der Waals surface area contributed by atoms with Gasteiger partial charge >= 0.3 is 5.97 Å². The Bertz CT molecular complexity index is 740. The van der Waals surface area contributed by atoms with Gasteiger partial charge in [0.15, 0.2) is 5.69 Å². The Balaban J connectivity index is 2.46. The molecule has 0 amide bonds. The second kappa shape index (κ2) is 6.84. The van der Waals surface area contributed by atoms with Gasteiger partial charge in [-0.15, -0.1) is 0 Å². The highest BCUT2D eigenvalue weighted by molar-refractivity contribution is 5.88. The van der Waals surface area contributed by atoms with Crippen molar-refractivity contribution in [3.63, 3.8) is 0 Å². The van der Waals surface area contributed by atoms with Crippen LogP contribution in [0, 0.1) is 6.92 Å². The molecule has 7 nitrogen and oxygen atoms in total. The number of rotatable bonds is 5. The largest absolute Gasteiger partial charge is 0.461 e. The van der Waals surface area contributed by atoms with Crippen LogP contribution in [0.4, 0.5) is 11.4 Å². The molecule has 2 rings (SSSR count). The molecule has 0 bridgehead atoms. The fraction of sp³-hybridized carbons (Fsp3) is 0.333. The van der Waals surface area contributed by atoms with Gasteiger partial charge in [-0.3, -0.25) is 9.78 Å². The molecule has 0 spiro atoms. The highest BCUT2D eigenvalue weighted by Crippen LogP contribution is 2.17. The Morgan fingerprint density at radius 1 is 1.36 bits per heavy atom. The summed E-state index contributed by atoms with van der Waals surface area (Å²) in [5.74, 6) is -0.560. The summed E-state index contributed by atoms with van der Waals surface area (Å²) in [6.45, 7) is 5.99. The molecule has 22 heavy (non-hydrogen) atoms. The van der Waals surface area contributed by atoms with Crippen LogP contribution in [-0.2, 0) is 11.3 Å². The number of carbonyl (C=O) groups is 1. The Morgan fingerprint density at radius 3 is 2.77 bits per heavy atom. The van der Waals surface area contributed by atoms with Gasteiger partial charge in [0, 0.05) is 18.8 Å². The minimum atomic E-state index is -0.560. The molecule has 0 atom stereocenters. The first-order valence-electron chi connectivity index (χ1n) is 7.03. The van der Waals surface area contributed by atoms with E-state index in [1.807, 2.05) is 13.0 Å². The van der Waals surface area contributed by atoms with Crippen LogP contribution in [0.3, 0.4) is 0 Å². The first-order chi connectivity index (χ1) is 10.6. The number of nitrogens with zero attached hydrogens (tertiary/aromatic N) is 3. The highest BCUT2D eigenvalue weighted by atomic mass is 16.5.